The highest BCUT2D eigenvalue weighted by atomic mass is 16.4. The van der Waals surface area contributed by atoms with E-state index in [9.17, 15) is 0 Å². The van der Waals surface area contributed by atoms with Gasteiger partial charge in [0.1, 0.15) is 17.9 Å². The van der Waals surface area contributed by atoms with E-state index >= 15 is 0 Å². The van der Waals surface area contributed by atoms with Crippen LogP contribution in [-0.4, -0.2) is 42.0 Å². The summed E-state index contributed by atoms with van der Waals surface area (Å²) in [7, 11) is 0. The fourth-order valence-corrected chi connectivity index (χ4v) is 8.42. The molecule has 0 spiro atoms. The first-order valence-corrected chi connectivity index (χ1v) is 20.6. The van der Waals surface area contributed by atoms with Crippen LogP contribution < -0.4 is 15.5 Å². The number of furan rings is 2. The van der Waals surface area contributed by atoms with Gasteiger partial charge in [-0.2, -0.15) is 0 Å². The van der Waals surface area contributed by atoms with Crippen molar-refractivity contribution < 1.29 is 8.83 Å². The van der Waals surface area contributed by atoms with Crippen molar-refractivity contribution >= 4 is 58.5 Å². The lowest BCUT2D eigenvalue weighted by Gasteiger charge is -2.32. The molecule has 1 aliphatic carbocycles. The molecule has 5 aliphatic rings. The average molecular weight is 749 g/mol. The van der Waals surface area contributed by atoms with Crippen LogP contribution in [0.1, 0.15) is 131 Å². The fourth-order valence-electron chi connectivity index (χ4n) is 8.42. The van der Waals surface area contributed by atoms with E-state index in [0.29, 0.717) is 29.6 Å². The lowest BCUT2D eigenvalue weighted by atomic mass is 9.89. The van der Waals surface area contributed by atoms with Gasteiger partial charge in [0.05, 0.1) is 28.5 Å². The number of benzene rings is 2. The van der Waals surface area contributed by atoms with Crippen molar-refractivity contribution in [1.82, 2.24) is 4.90 Å². The maximum absolute atomic E-state index is 6.27. The van der Waals surface area contributed by atoms with Crippen molar-refractivity contribution in [2.24, 2.45) is 20.0 Å². The molecule has 288 valence electrons. The summed E-state index contributed by atoms with van der Waals surface area (Å²) in [5, 5.41) is 7.28. The molecular weight excluding hydrogens is 697 g/mol. The number of rotatable bonds is 10. The Morgan fingerprint density at radius 3 is 2.00 bits per heavy atom. The van der Waals surface area contributed by atoms with Crippen LogP contribution in [0.5, 0.6) is 0 Å². The van der Waals surface area contributed by atoms with Crippen LogP contribution in [0.4, 0.5) is 28.8 Å². The zero-order chi connectivity index (χ0) is 38.2. The predicted octanol–water partition coefficient (Wildman–Crippen LogP) is 11.8. The topological polar surface area (TPSA) is 106 Å². The smallest absolute Gasteiger partial charge is 0.239 e. The first-order chi connectivity index (χ1) is 27.4. The minimum absolute atomic E-state index is 0.289. The summed E-state index contributed by atoms with van der Waals surface area (Å²) in [5.41, 5.74) is 8.90. The van der Waals surface area contributed by atoms with E-state index in [4.69, 9.17) is 18.8 Å². The van der Waals surface area contributed by atoms with E-state index in [1.54, 1.807) is 6.34 Å². The van der Waals surface area contributed by atoms with Crippen molar-refractivity contribution in [3.8, 4) is 0 Å². The van der Waals surface area contributed by atoms with E-state index in [2.05, 4.69) is 108 Å². The van der Waals surface area contributed by atoms with Crippen LogP contribution >= 0.6 is 0 Å². The van der Waals surface area contributed by atoms with Crippen molar-refractivity contribution in [1.29, 1.82) is 0 Å². The van der Waals surface area contributed by atoms with Crippen LogP contribution in [0, 0.1) is 0 Å². The Morgan fingerprint density at radius 2 is 1.32 bits per heavy atom. The quantitative estimate of drug-likeness (QED) is 0.156. The molecule has 4 aliphatic heterocycles. The van der Waals surface area contributed by atoms with Gasteiger partial charge in [0.2, 0.25) is 11.9 Å². The number of nitrogens with zero attached hydrogens (tertiary/aromatic N) is 6. The van der Waals surface area contributed by atoms with Crippen molar-refractivity contribution in [3.63, 3.8) is 0 Å². The highest BCUT2D eigenvalue weighted by Crippen LogP contribution is 2.39. The molecule has 1 saturated heterocycles. The number of nitrogens with one attached hydrogen (secondary N) is 2. The Kier molecular flexibility index (Phi) is 9.96. The van der Waals surface area contributed by atoms with Gasteiger partial charge >= 0.3 is 0 Å². The van der Waals surface area contributed by atoms with Gasteiger partial charge in [-0.05, 0) is 92.1 Å². The lowest BCUT2D eigenvalue weighted by molar-refractivity contribution is 0.501. The number of aliphatic imine (C=N–C) groups is 4. The molecule has 4 aromatic rings. The zero-order valence-electron chi connectivity index (χ0n) is 33.0. The molecular formula is C46H52N8O2. The highest BCUT2D eigenvalue weighted by Gasteiger charge is 2.32. The second-order valence-corrected chi connectivity index (χ2v) is 16.3. The van der Waals surface area contributed by atoms with Crippen molar-refractivity contribution in [2.45, 2.75) is 103 Å². The third-order valence-corrected chi connectivity index (χ3v) is 11.6. The summed E-state index contributed by atoms with van der Waals surface area (Å²) in [5.74, 6) is 5.52. The van der Waals surface area contributed by atoms with E-state index in [1.165, 1.54) is 69.0 Å². The van der Waals surface area contributed by atoms with Gasteiger partial charge in [0.15, 0.2) is 11.8 Å². The third kappa shape index (κ3) is 7.36. The van der Waals surface area contributed by atoms with Gasteiger partial charge in [-0.3, -0.25) is 0 Å². The van der Waals surface area contributed by atoms with Crippen molar-refractivity contribution in [3.05, 3.63) is 107 Å². The third-order valence-electron chi connectivity index (χ3n) is 11.6. The summed E-state index contributed by atoms with van der Waals surface area (Å²) >= 11 is 0. The summed E-state index contributed by atoms with van der Waals surface area (Å²) < 4.78 is 12.5. The van der Waals surface area contributed by atoms with Gasteiger partial charge < -0.3 is 24.4 Å². The largest absolute Gasteiger partial charge is 0.445 e. The maximum Gasteiger partial charge on any atom is 0.239 e. The van der Waals surface area contributed by atoms with Gasteiger partial charge in [0, 0.05) is 53.9 Å². The predicted molar refractivity (Wildman–Crippen MR) is 229 cm³/mol. The van der Waals surface area contributed by atoms with Crippen LogP contribution in [0.2, 0.25) is 0 Å². The lowest BCUT2D eigenvalue weighted by Crippen LogP contribution is -2.40. The van der Waals surface area contributed by atoms with Gasteiger partial charge in [-0.25, -0.2) is 24.9 Å². The molecule has 10 heteroatoms. The first kappa shape index (κ1) is 36.0. The van der Waals surface area contributed by atoms with Crippen LogP contribution in [0.25, 0.3) is 5.70 Å². The summed E-state index contributed by atoms with van der Waals surface area (Å²) in [6, 6.07) is 21.6. The Hall–Kier alpha value is -5.64. The number of allylic oxidation sites excluding steroid dienone is 2. The second-order valence-electron chi connectivity index (χ2n) is 16.3. The second kappa shape index (κ2) is 15.5. The zero-order valence-corrected chi connectivity index (χ0v) is 33.0. The minimum atomic E-state index is 0.289. The normalized spacial score (nSPS) is 18.6. The summed E-state index contributed by atoms with van der Waals surface area (Å²) in [6.45, 7) is 10.7. The fraction of sp³-hybridized carbons (Fsp3) is 0.391. The van der Waals surface area contributed by atoms with E-state index in [1.807, 2.05) is 23.1 Å². The highest BCUT2D eigenvalue weighted by molar-refractivity contribution is 6.24. The number of hydrogen-bond acceptors (Lipinski definition) is 10. The van der Waals surface area contributed by atoms with E-state index < -0.39 is 0 Å². The molecule has 0 atom stereocenters. The average Bonchev–Trinajstić information content (AvgIpc) is 3.81. The molecule has 9 rings (SSSR count). The maximum atomic E-state index is 6.27. The van der Waals surface area contributed by atoms with Crippen LogP contribution in [0.15, 0.2) is 107 Å². The SMILES string of the molecule is CC(C)c1ccc(Nc2cc(N3CCCCC3)ccc2C2=CC3=CC(c4ccc(C5CCCCCC5)cc4Nc4ccc(C(C)C)o4)=NC4=NC=NC(=N2)N34)o1. The minimum Gasteiger partial charge on any atom is -0.445 e. The summed E-state index contributed by atoms with van der Waals surface area (Å²) in [6.07, 6.45) is 17.1. The number of guanidine groups is 2. The van der Waals surface area contributed by atoms with Crippen LogP contribution in [0.3, 0.4) is 0 Å². The number of hydrogen-bond donors (Lipinski definition) is 2. The monoisotopic (exact) mass is 748 g/mol. The Balaban J connectivity index is 1.11. The molecule has 1 saturated carbocycles. The first-order valence-electron chi connectivity index (χ1n) is 20.6. The standard InChI is InChI=1S/C46H52N8O2/c1-29(2)41-18-20-43(55-41)49-37-24-32(31-12-8-5-6-9-13-31)14-16-35(37)39-26-34-27-40(52-46-48-28-47-45(51-39)54(34)46)36-17-15-33(53-22-10-7-11-23-53)25-38(36)50-44-21-19-42(56-44)30(3)4/h14-21,24-31,49-50H,5-13,22-23H2,1-4H3. The summed E-state index contributed by atoms with van der Waals surface area (Å²) in [4.78, 5) is 23.9. The molecule has 0 amide bonds. The van der Waals surface area contributed by atoms with Crippen molar-refractivity contribution in [2.75, 3.05) is 28.6 Å². The number of piperidine rings is 1. The molecule has 2 N–H and O–H groups in total. The number of anilines is 5. The van der Waals surface area contributed by atoms with E-state index in [0.717, 1.165) is 70.1 Å². The molecule has 0 unspecified atom stereocenters. The molecule has 6 heterocycles. The Bertz CT molecular complexity index is 2290. The van der Waals surface area contributed by atoms with Gasteiger partial charge in [-0.1, -0.05) is 65.5 Å². The molecule has 10 nitrogen and oxygen atoms in total. The molecule has 2 fully saturated rings. The Morgan fingerprint density at radius 1 is 0.661 bits per heavy atom. The molecule has 2 aromatic carbocycles. The van der Waals surface area contributed by atoms with Crippen LogP contribution in [-0.2, 0) is 0 Å². The van der Waals surface area contributed by atoms with E-state index in [-0.39, 0.29) is 5.92 Å². The van der Waals surface area contributed by atoms with Gasteiger partial charge in [0.25, 0.3) is 0 Å². The molecule has 0 bridgehead atoms. The molecule has 0 radical (unpaired) electrons. The Labute approximate surface area is 329 Å². The van der Waals surface area contributed by atoms with Gasteiger partial charge in [-0.15, -0.1) is 0 Å². The molecule has 56 heavy (non-hydrogen) atoms. The molecule has 2 aromatic heterocycles.